The highest BCUT2D eigenvalue weighted by atomic mass is 127. The zero-order valence-electron chi connectivity index (χ0n) is 8.47. The monoisotopic (exact) mass is 307 g/mol. The number of alkyl halides is 1. The first-order valence-corrected chi connectivity index (χ1v) is 7.29. The second kappa shape index (κ2) is 3.59. The van der Waals surface area contributed by atoms with Crippen LogP contribution >= 0.6 is 22.6 Å². The van der Waals surface area contributed by atoms with Crippen molar-refractivity contribution in [2.24, 2.45) is 5.41 Å². The molecular weight excluding hydrogens is 289 g/mol. The smallest absolute Gasteiger partial charge is 0.0722 e. The summed E-state index contributed by atoms with van der Waals surface area (Å²) in [5.74, 6) is 0. The number of halogens is 1. The number of hydrogen-bond donors (Lipinski definition) is 1. The summed E-state index contributed by atoms with van der Waals surface area (Å²) in [7, 11) is 0. The summed E-state index contributed by atoms with van der Waals surface area (Å²) in [5, 5.41) is 3.73. The molecule has 3 saturated heterocycles. The molecule has 3 unspecified atom stereocenters. The van der Waals surface area contributed by atoms with E-state index in [0.717, 1.165) is 18.7 Å². The Labute approximate surface area is 99.3 Å². The molecule has 0 aromatic rings. The van der Waals surface area contributed by atoms with Crippen molar-refractivity contribution < 1.29 is 4.74 Å². The minimum atomic E-state index is 0.549. The van der Waals surface area contributed by atoms with Gasteiger partial charge in [0, 0.05) is 28.5 Å². The van der Waals surface area contributed by atoms with Gasteiger partial charge in [-0.05, 0) is 32.1 Å². The van der Waals surface area contributed by atoms with Crippen molar-refractivity contribution in [2.45, 2.75) is 50.3 Å². The maximum Gasteiger partial charge on any atom is 0.0722 e. The van der Waals surface area contributed by atoms with E-state index >= 15 is 0 Å². The summed E-state index contributed by atoms with van der Waals surface area (Å²) >= 11 is 2.49. The van der Waals surface area contributed by atoms with Crippen LogP contribution in [-0.4, -0.2) is 29.2 Å². The number of piperidine rings is 1. The summed E-state index contributed by atoms with van der Waals surface area (Å²) in [6, 6.07) is 1.61. The molecule has 2 bridgehead atoms. The van der Waals surface area contributed by atoms with Gasteiger partial charge in [0.1, 0.15) is 0 Å². The molecule has 0 aliphatic carbocycles. The molecular formula is C11H18INO. The molecule has 1 N–H and O–H groups in total. The Bertz CT molecular complexity index is 221. The normalized spacial score (nSPS) is 51.6. The molecule has 2 nitrogen and oxygen atoms in total. The average molecular weight is 307 g/mol. The van der Waals surface area contributed by atoms with E-state index in [9.17, 15) is 0 Å². The molecule has 0 amide bonds. The van der Waals surface area contributed by atoms with Gasteiger partial charge in [0.25, 0.3) is 0 Å². The fraction of sp³-hybridized carbons (Fsp3) is 1.00. The Morgan fingerprint density at radius 3 is 2.64 bits per heavy atom. The minimum Gasteiger partial charge on any atom is -0.377 e. The molecule has 3 heterocycles. The van der Waals surface area contributed by atoms with Gasteiger partial charge in [-0.25, -0.2) is 0 Å². The lowest BCUT2D eigenvalue weighted by atomic mass is 9.71. The van der Waals surface area contributed by atoms with Crippen molar-refractivity contribution in [3.8, 4) is 0 Å². The highest BCUT2D eigenvalue weighted by Crippen LogP contribution is 2.49. The zero-order chi connectivity index (χ0) is 9.60. The topological polar surface area (TPSA) is 21.3 Å². The van der Waals surface area contributed by atoms with Gasteiger partial charge < -0.3 is 10.1 Å². The van der Waals surface area contributed by atoms with Crippen molar-refractivity contribution in [1.82, 2.24) is 5.32 Å². The van der Waals surface area contributed by atoms with Crippen LogP contribution in [0.5, 0.6) is 0 Å². The predicted molar refractivity (Wildman–Crippen MR) is 64.9 cm³/mol. The fourth-order valence-corrected chi connectivity index (χ4v) is 4.90. The molecule has 0 aromatic carbocycles. The molecule has 0 radical (unpaired) electrons. The molecule has 3 aliphatic rings. The fourth-order valence-electron chi connectivity index (χ4n) is 3.71. The van der Waals surface area contributed by atoms with E-state index in [1.807, 2.05) is 0 Å². The van der Waals surface area contributed by atoms with Crippen LogP contribution in [0.4, 0.5) is 0 Å². The Kier molecular flexibility index (Phi) is 2.53. The maximum absolute atomic E-state index is 5.88. The Morgan fingerprint density at radius 2 is 2.00 bits per heavy atom. The lowest BCUT2D eigenvalue weighted by molar-refractivity contribution is 0.0397. The molecule has 1 spiro atoms. The standard InChI is InChI=1S/C11H18INO/c12-7-10-11(3-4-14-10)5-8-1-2-9(6-11)13-8/h8-10,13H,1-7H2. The average Bonchev–Trinajstić information content (AvgIpc) is 2.71. The third-order valence-corrected chi connectivity index (χ3v) is 5.18. The number of nitrogens with one attached hydrogen (secondary N) is 1. The van der Waals surface area contributed by atoms with E-state index in [0.29, 0.717) is 11.5 Å². The van der Waals surface area contributed by atoms with E-state index in [-0.39, 0.29) is 0 Å². The third-order valence-electron chi connectivity index (χ3n) is 4.38. The molecule has 3 rings (SSSR count). The van der Waals surface area contributed by atoms with Crippen molar-refractivity contribution in [3.05, 3.63) is 0 Å². The van der Waals surface area contributed by atoms with Gasteiger partial charge in [-0.3, -0.25) is 0 Å². The van der Waals surface area contributed by atoms with Crippen LogP contribution in [0.1, 0.15) is 32.1 Å². The Morgan fingerprint density at radius 1 is 1.29 bits per heavy atom. The van der Waals surface area contributed by atoms with Crippen LogP contribution in [0.25, 0.3) is 0 Å². The van der Waals surface area contributed by atoms with Gasteiger partial charge in [0.05, 0.1) is 6.10 Å². The van der Waals surface area contributed by atoms with Gasteiger partial charge >= 0.3 is 0 Å². The summed E-state index contributed by atoms with van der Waals surface area (Å²) in [6.45, 7) is 1.01. The van der Waals surface area contributed by atoms with Gasteiger partial charge in [-0.15, -0.1) is 0 Å². The zero-order valence-corrected chi connectivity index (χ0v) is 10.6. The summed E-state index contributed by atoms with van der Waals surface area (Å²) in [4.78, 5) is 0. The van der Waals surface area contributed by atoms with Gasteiger partial charge in [0.2, 0.25) is 0 Å². The van der Waals surface area contributed by atoms with Crippen LogP contribution < -0.4 is 5.32 Å². The van der Waals surface area contributed by atoms with Crippen molar-refractivity contribution in [2.75, 3.05) is 11.0 Å². The number of fused-ring (bicyclic) bond motifs is 2. The first kappa shape index (κ1) is 9.85. The molecule has 14 heavy (non-hydrogen) atoms. The molecule has 0 aromatic heterocycles. The molecule has 3 aliphatic heterocycles. The minimum absolute atomic E-state index is 0.549. The summed E-state index contributed by atoms with van der Waals surface area (Å²) in [6.07, 6.45) is 7.41. The van der Waals surface area contributed by atoms with Crippen LogP contribution in [0.2, 0.25) is 0 Å². The van der Waals surface area contributed by atoms with Crippen molar-refractivity contribution in [3.63, 3.8) is 0 Å². The Balaban J connectivity index is 1.82. The third kappa shape index (κ3) is 1.43. The van der Waals surface area contributed by atoms with Crippen molar-refractivity contribution in [1.29, 1.82) is 0 Å². The summed E-state index contributed by atoms with van der Waals surface area (Å²) in [5.41, 5.74) is 0.554. The quantitative estimate of drug-likeness (QED) is 0.592. The van der Waals surface area contributed by atoms with Crippen LogP contribution in [0.15, 0.2) is 0 Å². The highest BCUT2D eigenvalue weighted by Gasteiger charge is 2.50. The van der Waals surface area contributed by atoms with Crippen LogP contribution in [0, 0.1) is 5.41 Å². The van der Waals surface area contributed by atoms with E-state index in [4.69, 9.17) is 4.74 Å². The molecule has 0 saturated carbocycles. The summed E-state index contributed by atoms with van der Waals surface area (Å²) < 4.78 is 7.06. The second-order valence-corrected chi connectivity index (χ2v) is 6.05. The van der Waals surface area contributed by atoms with Crippen LogP contribution in [0.3, 0.4) is 0 Å². The largest absolute Gasteiger partial charge is 0.377 e. The Hall–Kier alpha value is 0.650. The molecule has 3 heteroatoms. The van der Waals surface area contributed by atoms with Crippen LogP contribution in [-0.2, 0) is 4.74 Å². The van der Waals surface area contributed by atoms with E-state index < -0.39 is 0 Å². The second-order valence-electron chi connectivity index (χ2n) is 5.17. The first-order chi connectivity index (χ1) is 6.82. The molecule has 3 fully saturated rings. The molecule has 80 valence electrons. The van der Waals surface area contributed by atoms with Gasteiger partial charge in [-0.2, -0.15) is 0 Å². The number of rotatable bonds is 1. The number of hydrogen-bond acceptors (Lipinski definition) is 2. The van der Waals surface area contributed by atoms with Gasteiger partial charge in [-0.1, -0.05) is 22.6 Å². The maximum atomic E-state index is 5.88. The molecule has 3 atom stereocenters. The lowest BCUT2D eigenvalue weighted by Crippen LogP contribution is -2.48. The van der Waals surface area contributed by atoms with Gasteiger partial charge in [0.15, 0.2) is 0 Å². The SMILES string of the molecule is ICC1OCCC12CC1CCC(C2)N1. The first-order valence-electron chi connectivity index (χ1n) is 5.76. The van der Waals surface area contributed by atoms with E-state index in [1.54, 1.807) is 0 Å². The lowest BCUT2D eigenvalue weighted by Gasteiger charge is -2.41. The van der Waals surface area contributed by atoms with E-state index in [2.05, 4.69) is 27.9 Å². The number of ether oxygens (including phenoxy) is 1. The van der Waals surface area contributed by atoms with Crippen molar-refractivity contribution >= 4 is 22.6 Å². The van der Waals surface area contributed by atoms with E-state index in [1.165, 1.54) is 36.5 Å². The highest BCUT2D eigenvalue weighted by molar-refractivity contribution is 14.1. The predicted octanol–water partition coefficient (Wildman–Crippen LogP) is 2.11.